The maximum Gasteiger partial charge on any atom is 0.255 e. The number of rotatable bonds is 6. The third-order valence-electron chi connectivity index (χ3n) is 7.15. The molecule has 1 heterocycles. The Labute approximate surface area is 191 Å². The fourth-order valence-electron chi connectivity index (χ4n) is 5.56. The topological polar surface area (TPSA) is 51.5 Å². The van der Waals surface area contributed by atoms with Gasteiger partial charge in [0, 0.05) is 24.2 Å². The van der Waals surface area contributed by atoms with Crippen molar-refractivity contribution in [3.8, 4) is 5.75 Å². The normalized spacial score (nSPS) is 17.9. The van der Waals surface area contributed by atoms with Crippen LogP contribution < -0.4 is 10.3 Å². The van der Waals surface area contributed by atoms with Crippen molar-refractivity contribution in [1.82, 2.24) is 9.47 Å². The van der Waals surface area contributed by atoms with Crippen LogP contribution in [0.4, 0.5) is 0 Å². The molecule has 2 saturated carbocycles. The fourth-order valence-corrected chi connectivity index (χ4v) is 5.56. The van der Waals surface area contributed by atoms with Crippen LogP contribution >= 0.6 is 0 Å². The zero-order valence-electron chi connectivity index (χ0n) is 20.2. The van der Waals surface area contributed by atoms with Gasteiger partial charge in [-0.3, -0.25) is 14.2 Å². The van der Waals surface area contributed by atoms with E-state index in [0.717, 1.165) is 48.7 Å². The Morgan fingerprint density at radius 2 is 1.72 bits per heavy atom. The molecule has 0 N–H and O–H groups in total. The lowest BCUT2D eigenvalue weighted by Gasteiger charge is -2.35. The first-order valence-electron chi connectivity index (χ1n) is 12.3. The van der Waals surface area contributed by atoms with Gasteiger partial charge in [0.1, 0.15) is 12.3 Å². The first-order valence-corrected chi connectivity index (χ1v) is 12.3. The Morgan fingerprint density at radius 1 is 1.06 bits per heavy atom. The molecule has 1 aromatic carbocycles. The highest BCUT2D eigenvalue weighted by Crippen LogP contribution is 2.34. The minimum absolute atomic E-state index is 0.00636. The van der Waals surface area contributed by atoms with Gasteiger partial charge in [0.15, 0.2) is 0 Å². The number of fused-ring (bicyclic) bond motifs is 1. The first kappa shape index (κ1) is 22.9. The second-order valence-electron chi connectivity index (χ2n) is 10.9. The summed E-state index contributed by atoms with van der Waals surface area (Å²) >= 11 is 0. The van der Waals surface area contributed by atoms with Crippen LogP contribution in [0.15, 0.2) is 29.1 Å². The van der Waals surface area contributed by atoms with Gasteiger partial charge in [-0.05, 0) is 60.6 Å². The quantitative estimate of drug-likeness (QED) is 0.600. The van der Waals surface area contributed by atoms with Crippen molar-refractivity contribution >= 4 is 16.8 Å². The molecule has 2 fully saturated rings. The summed E-state index contributed by atoms with van der Waals surface area (Å²) in [5.74, 6) is 1.06. The number of methoxy groups -OCH3 is 1. The van der Waals surface area contributed by atoms with Gasteiger partial charge in [0.2, 0.25) is 5.91 Å². The molecule has 5 nitrogen and oxygen atoms in total. The standard InChI is InChI=1S/C27H38N2O3/c1-27(2,3)18-29(21-11-7-8-12-21)25(30)17-28-24-16-22(32-4)14-13-20(24)15-23(26(28)31)19-9-5-6-10-19/h13-16,19,21H,5-12,17-18H2,1-4H3. The molecule has 4 rings (SSSR count). The predicted molar refractivity (Wildman–Crippen MR) is 129 cm³/mol. The summed E-state index contributed by atoms with van der Waals surface area (Å²) in [6.45, 7) is 7.34. The summed E-state index contributed by atoms with van der Waals surface area (Å²) in [4.78, 5) is 29.4. The third kappa shape index (κ3) is 4.87. The number of carbonyl (C=O) groups excluding carboxylic acids is 1. The largest absolute Gasteiger partial charge is 0.497 e. The van der Waals surface area contributed by atoms with Gasteiger partial charge in [-0.25, -0.2) is 0 Å². The number of benzene rings is 1. The molecular formula is C27H38N2O3. The van der Waals surface area contributed by atoms with Crippen molar-refractivity contribution in [2.75, 3.05) is 13.7 Å². The lowest BCUT2D eigenvalue weighted by atomic mass is 9.94. The average molecular weight is 439 g/mol. The van der Waals surface area contributed by atoms with Crippen LogP contribution in [-0.2, 0) is 11.3 Å². The summed E-state index contributed by atoms with van der Waals surface area (Å²) in [7, 11) is 1.63. The SMILES string of the molecule is COc1ccc2cc(C3CCCC3)c(=O)n(CC(=O)N(CC(C)(C)C)C3CCCC3)c2c1. The number of hydrogen-bond donors (Lipinski definition) is 0. The molecule has 174 valence electrons. The van der Waals surface area contributed by atoms with Crippen LogP contribution in [0.3, 0.4) is 0 Å². The van der Waals surface area contributed by atoms with E-state index in [4.69, 9.17) is 4.74 Å². The lowest BCUT2D eigenvalue weighted by Crippen LogP contribution is -2.46. The van der Waals surface area contributed by atoms with Crippen molar-refractivity contribution < 1.29 is 9.53 Å². The molecule has 32 heavy (non-hydrogen) atoms. The Hall–Kier alpha value is -2.30. The minimum atomic E-state index is -0.00636. The van der Waals surface area contributed by atoms with E-state index in [1.54, 1.807) is 11.7 Å². The van der Waals surface area contributed by atoms with E-state index in [1.807, 2.05) is 18.2 Å². The molecular weight excluding hydrogens is 400 g/mol. The van der Waals surface area contributed by atoms with E-state index in [2.05, 4.69) is 31.7 Å². The van der Waals surface area contributed by atoms with Crippen LogP contribution in [0, 0.1) is 5.41 Å². The third-order valence-corrected chi connectivity index (χ3v) is 7.15. The molecule has 5 heteroatoms. The van der Waals surface area contributed by atoms with Gasteiger partial charge in [0.05, 0.1) is 12.6 Å². The van der Waals surface area contributed by atoms with Crippen molar-refractivity contribution in [1.29, 1.82) is 0 Å². The van der Waals surface area contributed by atoms with Crippen LogP contribution in [0.1, 0.15) is 83.6 Å². The maximum absolute atomic E-state index is 13.7. The molecule has 0 atom stereocenters. The van der Waals surface area contributed by atoms with E-state index >= 15 is 0 Å². The first-order chi connectivity index (χ1) is 15.3. The fraction of sp³-hybridized carbons (Fsp3) is 0.630. The van der Waals surface area contributed by atoms with Crippen LogP contribution in [0.5, 0.6) is 5.75 Å². The van der Waals surface area contributed by atoms with Gasteiger partial charge in [-0.1, -0.05) is 46.5 Å². The molecule has 1 aromatic heterocycles. The van der Waals surface area contributed by atoms with Crippen molar-refractivity contribution in [3.05, 3.63) is 40.2 Å². The number of ether oxygens (including phenoxy) is 1. The molecule has 0 radical (unpaired) electrons. The number of aromatic nitrogens is 1. The molecule has 2 aliphatic rings. The van der Waals surface area contributed by atoms with Crippen molar-refractivity contribution in [2.24, 2.45) is 5.41 Å². The Kier molecular flexibility index (Phi) is 6.64. The zero-order chi connectivity index (χ0) is 22.9. The number of carbonyl (C=O) groups is 1. The van der Waals surface area contributed by atoms with Crippen molar-refractivity contribution in [3.63, 3.8) is 0 Å². The summed E-state index contributed by atoms with van der Waals surface area (Å²) in [5, 5.41) is 1.00. The molecule has 0 spiro atoms. The number of amides is 1. The van der Waals surface area contributed by atoms with Crippen LogP contribution in [0.25, 0.3) is 10.9 Å². The molecule has 0 aliphatic heterocycles. The van der Waals surface area contributed by atoms with Gasteiger partial charge in [-0.2, -0.15) is 0 Å². The smallest absolute Gasteiger partial charge is 0.255 e. The highest BCUT2D eigenvalue weighted by Gasteiger charge is 2.31. The summed E-state index contributed by atoms with van der Waals surface area (Å²) in [6, 6.07) is 8.18. The monoisotopic (exact) mass is 438 g/mol. The summed E-state index contributed by atoms with van der Waals surface area (Å²) in [6.07, 6.45) is 8.94. The van der Waals surface area contributed by atoms with Crippen molar-refractivity contribution in [2.45, 2.75) is 90.6 Å². The van der Waals surface area contributed by atoms with E-state index in [1.165, 1.54) is 25.7 Å². The minimum Gasteiger partial charge on any atom is -0.497 e. The molecule has 1 amide bonds. The summed E-state index contributed by atoms with van der Waals surface area (Å²) < 4.78 is 7.16. The molecule has 0 saturated heterocycles. The number of hydrogen-bond acceptors (Lipinski definition) is 3. The van der Waals surface area contributed by atoms with Gasteiger partial charge in [0.25, 0.3) is 5.56 Å². The maximum atomic E-state index is 13.7. The van der Waals surface area contributed by atoms with E-state index in [-0.39, 0.29) is 29.5 Å². The van der Waals surface area contributed by atoms with E-state index in [9.17, 15) is 9.59 Å². The summed E-state index contributed by atoms with van der Waals surface area (Å²) in [5.41, 5.74) is 1.66. The highest BCUT2D eigenvalue weighted by atomic mass is 16.5. The predicted octanol–water partition coefficient (Wildman–Crippen LogP) is 5.49. The highest BCUT2D eigenvalue weighted by molar-refractivity contribution is 5.84. The number of nitrogens with zero attached hydrogens (tertiary/aromatic N) is 2. The Morgan fingerprint density at radius 3 is 2.34 bits per heavy atom. The second kappa shape index (κ2) is 9.29. The van der Waals surface area contributed by atoms with Crippen LogP contribution in [0.2, 0.25) is 0 Å². The van der Waals surface area contributed by atoms with Crippen LogP contribution in [-0.4, -0.2) is 35.1 Å². The van der Waals surface area contributed by atoms with Gasteiger partial charge < -0.3 is 9.64 Å². The second-order valence-corrected chi connectivity index (χ2v) is 10.9. The number of pyridine rings is 1. The zero-order valence-corrected chi connectivity index (χ0v) is 20.2. The molecule has 0 bridgehead atoms. The van der Waals surface area contributed by atoms with E-state index in [0.29, 0.717) is 11.7 Å². The molecule has 2 aliphatic carbocycles. The Bertz CT molecular complexity index is 1020. The Balaban J connectivity index is 1.76. The average Bonchev–Trinajstić information content (AvgIpc) is 3.47. The molecule has 2 aromatic rings. The van der Waals surface area contributed by atoms with E-state index < -0.39 is 0 Å². The molecule has 0 unspecified atom stereocenters. The van der Waals surface area contributed by atoms with Gasteiger partial charge in [-0.15, -0.1) is 0 Å². The lowest BCUT2D eigenvalue weighted by molar-refractivity contribution is -0.135. The van der Waals surface area contributed by atoms with Gasteiger partial charge >= 0.3 is 0 Å².